The topological polar surface area (TPSA) is 69.6 Å². The summed E-state index contributed by atoms with van der Waals surface area (Å²) < 4.78 is 0. The van der Waals surface area contributed by atoms with Crippen LogP contribution in [0.15, 0.2) is 0 Å². The van der Waals surface area contributed by atoms with Crippen LogP contribution in [0.25, 0.3) is 0 Å². The molecule has 1 saturated heterocycles. The number of nitrogens with one attached hydrogen (secondary N) is 1. The van der Waals surface area contributed by atoms with Crippen molar-refractivity contribution in [2.75, 3.05) is 25.5 Å². The SMILES string of the molecule is O=C1C(CS)CCNC1(CO)CO. The van der Waals surface area contributed by atoms with Crippen LogP contribution < -0.4 is 5.32 Å². The zero-order chi connectivity index (χ0) is 9.90. The molecule has 0 radical (unpaired) electrons. The molecule has 0 saturated carbocycles. The minimum Gasteiger partial charge on any atom is -0.394 e. The van der Waals surface area contributed by atoms with Gasteiger partial charge in [0.15, 0.2) is 5.78 Å². The molecule has 0 aromatic heterocycles. The van der Waals surface area contributed by atoms with Crippen molar-refractivity contribution in [3.63, 3.8) is 0 Å². The van der Waals surface area contributed by atoms with Gasteiger partial charge in [-0.1, -0.05) is 0 Å². The largest absolute Gasteiger partial charge is 0.394 e. The lowest BCUT2D eigenvalue weighted by Gasteiger charge is -2.37. The van der Waals surface area contributed by atoms with Gasteiger partial charge in [-0.2, -0.15) is 12.6 Å². The van der Waals surface area contributed by atoms with E-state index in [9.17, 15) is 4.79 Å². The average Bonchev–Trinajstić information content (AvgIpc) is 2.19. The first-order valence-electron chi connectivity index (χ1n) is 4.32. The number of ketones is 1. The molecule has 0 bridgehead atoms. The Kier molecular flexibility index (Phi) is 3.73. The molecule has 1 atom stereocenters. The van der Waals surface area contributed by atoms with E-state index in [0.717, 1.165) is 6.42 Å². The van der Waals surface area contributed by atoms with Gasteiger partial charge in [0.2, 0.25) is 0 Å². The van der Waals surface area contributed by atoms with Gasteiger partial charge in [-0.15, -0.1) is 0 Å². The molecule has 1 rings (SSSR count). The molecule has 76 valence electrons. The fourth-order valence-corrected chi connectivity index (χ4v) is 1.93. The number of hydrogen-bond acceptors (Lipinski definition) is 5. The van der Waals surface area contributed by atoms with E-state index in [2.05, 4.69) is 17.9 Å². The van der Waals surface area contributed by atoms with E-state index in [-0.39, 0.29) is 24.9 Å². The monoisotopic (exact) mass is 205 g/mol. The maximum atomic E-state index is 11.7. The van der Waals surface area contributed by atoms with Gasteiger partial charge in [-0.05, 0) is 13.0 Å². The molecule has 1 aliphatic rings. The van der Waals surface area contributed by atoms with E-state index >= 15 is 0 Å². The maximum absolute atomic E-state index is 11.7. The number of thiol groups is 1. The highest BCUT2D eigenvalue weighted by atomic mass is 32.1. The van der Waals surface area contributed by atoms with Crippen LogP contribution in [0, 0.1) is 5.92 Å². The summed E-state index contributed by atoms with van der Waals surface area (Å²) in [4.78, 5) is 11.7. The molecule has 0 spiro atoms. The minimum atomic E-state index is -1.13. The molecule has 0 aliphatic carbocycles. The molecule has 3 N–H and O–H groups in total. The van der Waals surface area contributed by atoms with Crippen LogP contribution in [0.4, 0.5) is 0 Å². The summed E-state index contributed by atoms with van der Waals surface area (Å²) in [5.41, 5.74) is -1.13. The Bertz CT molecular complexity index is 194. The third-order valence-corrected chi connectivity index (χ3v) is 3.00. The van der Waals surface area contributed by atoms with E-state index in [4.69, 9.17) is 10.2 Å². The quantitative estimate of drug-likeness (QED) is 0.438. The Labute approximate surface area is 82.7 Å². The maximum Gasteiger partial charge on any atom is 0.161 e. The van der Waals surface area contributed by atoms with E-state index in [1.807, 2.05) is 0 Å². The molecule has 13 heavy (non-hydrogen) atoms. The van der Waals surface area contributed by atoms with E-state index in [1.165, 1.54) is 0 Å². The molecule has 1 unspecified atom stereocenters. The molecule has 0 aromatic carbocycles. The standard InChI is InChI=1S/C8H15NO3S/c10-4-8(5-11)7(12)6(3-13)1-2-9-8/h6,9-11,13H,1-5H2. The lowest BCUT2D eigenvalue weighted by atomic mass is 9.82. The third-order valence-electron chi connectivity index (χ3n) is 2.56. The van der Waals surface area contributed by atoms with Gasteiger partial charge >= 0.3 is 0 Å². The van der Waals surface area contributed by atoms with Crippen LogP contribution in [0.3, 0.4) is 0 Å². The lowest BCUT2D eigenvalue weighted by Crippen LogP contribution is -2.63. The molecule has 1 heterocycles. The number of carbonyl (C=O) groups is 1. The van der Waals surface area contributed by atoms with Crippen molar-refractivity contribution >= 4 is 18.4 Å². The van der Waals surface area contributed by atoms with Crippen molar-refractivity contribution in [1.29, 1.82) is 0 Å². The molecular weight excluding hydrogens is 190 g/mol. The van der Waals surface area contributed by atoms with Crippen LogP contribution in [0.2, 0.25) is 0 Å². The second kappa shape index (κ2) is 4.41. The van der Waals surface area contributed by atoms with Gasteiger partial charge in [0.25, 0.3) is 0 Å². The highest BCUT2D eigenvalue weighted by Crippen LogP contribution is 2.21. The molecule has 0 amide bonds. The minimum absolute atomic E-state index is 0.126. The Balaban J connectivity index is 2.79. The second-order valence-electron chi connectivity index (χ2n) is 3.36. The number of piperidine rings is 1. The molecule has 5 heteroatoms. The Hall–Kier alpha value is -0.100. The third kappa shape index (κ3) is 1.88. The number of hydrogen-bond donors (Lipinski definition) is 4. The zero-order valence-electron chi connectivity index (χ0n) is 7.36. The summed E-state index contributed by atoms with van der Waals surface area (Å²) in [5.74, 6) is 0.199. The fraction of sp³-hybridized carbons (Fsp3) is 0.875. The van der Waals surface area contributed by atoms with Crippen molar-refractivity contribution in [2.45, 2.75) is 12.0 Å². The second-order valence-corrected chi connectivity index (χ2v) is 3.72. The van der Waals surface area contributed by atoms with Gasteiger partial charge in [-0.25, -0.2) is 0 Å². The summed E-state index contributed by atoms with van der Waals surface area (Å²) in [6, 6.07) is 0. The van der Waals surface area contributed by atoms with E-state index in [0.29, 0.717) is 12.3 Å². The molecule has 1 fully saturated rings. The first kappa shape index (κ1) is 11.0. The van der Waals surface area contributed by atoms with Crippen molar-refractivity contribution in [1.82, 2.24) is 5.32 Å². The van der Waals surface area contributed by atoms with Crippen molar-refractivity contribution in [2.24, 2.45) is 5.92 Å². The molecular formula is C8H15NO3S. The van der Waals surface area contributed by atoms with Crippen LogP contribution in [0.5, 0.6) is 0 Å². The predicted molar refractivity (Wildman–Crippen MR) is 51.9 cm³/mol. The fourth-order valence-electron chi connectivity index (χ4n) is 1.59. The van der Waals surface area contributed by atoms with E-state index < -0.39 is 5.54 Å². The summed E-state index contributed by atoms with van der Waals surface area (Å²) in [6.07, 6.45) is 0.726. The first-order valence-corrected chi connectivity index (χ1v) is 4.95. The molecule has 1 aliphatic heterocycles. The number of carbonyl (C=O) groups excluding carboxylic acids is 1. The van der Waals surface area contributed by atoms with Crippen molar-refractivity contribution in [3.8, 4) is 0 Å². The number of aliphatic hydroxyl groups is 2. The van der Waals surface area contributed by atoms with Crippen LogP contribution in [-0.4, -0.2) is 47.0 Å². The summed E-state index contributed by atoms with van der Waals surface area (Å²) in [5, 5.41) is 21.0. The van der Waals surface area contributed by atoms with Crippen LogP contribution in [-0.2, 0) is 4.79 Å². The highest BCUT2D eigenvalue weighted by molar-refractivity contribution is 7.80. The number of rotatable bonds is 3. The lowest BCUT2D eigenvalue weighted by molar-refractivity contribution is -0.135. The normalized spacial score (nSPS) is 27.6. The van der Waals surface area contributed by atoms with Gasteiger partial charge in [-0.3, -0.25) is 4.79 Å². The summed E-state index contributed by atoms with van der Waals surface area (Å²) in [6.45, 7) is -0.0721. The predicted octanol–water partition coefficient (Wildman–Crippen LogP) is -1.18. The zero-order valence-corrected chi connectivity index (χ0v) is 8.26. The van der Waals surface area contributed by atoms with Crippen molar-refractivity contribution in [3.05, 3.63) is 0 Å². The van der Waals surface area contributed by atoms with E-state index in [1.54, 1.807) is 0 Å². The molecule has 0 aromatic rings. The smallest absolute Gasteiger partial charge is 0.161 e. The van der Waals surface area contributed by atoms with Gasteiger partial charge < -0.3 is 15.5 Å². The number of aliphatic hydroxyl groups excluding tert-OH is 2. The van der Waals surface area contributed by atoms with Gasteiger partial charge in [0, 0.05) is 11.7 Å². The highest BCUT2D eigenvalue weighted by Gasteiger charge is 2.43. The average molecular weight is 205 g/mol. The Morgan fingerprint density at radius 2 is 2.15 bits per heavy atom. The van der Waals surface area contributed by atoms with Gasteiger partial charge in [0.1, 0.15) is 5.54 Å². The Morgan fingerprint density at radius 3 is 2.62 bits per heavy atom. The summed E-state index contributed by atoms with van der Waals surface area (Å²) >= 11 is 4.07. The number of Topliss-reactive ketones (excluding diaryl/α,β-unsaturated/α-hetero) is 1. The van der Waals surface area contributed by atoms with Crippen LogP contribution >= 0.6 is 12.6 Å². The summed E-state index contributed by atoms with van der Waals surface area (Å²) in [7, 11) is 0. The van der Waals surface area contributed by atoms with Gasteiger partial charge in [0.05, 0.1) is 13.2 Å². The van der Waals surface area contributed by atoms with Crippen LogP contribution in [0.1, 0.15) is 6.42 Å². The Morgan fingerprint density at radius 1 is 1.54 bits per heavy atom. The molecule has 4 nitrogen and oxygen atoms in total. The van der Waals surface area contributed by atoms with Crippen molar-refractivity contribution < 1.29 is 15.0 Å². The first-order chi connectivity index (χ1) is 6.20.